The van der Waals surface area contributed by atoms with E-state index in [0.717, 1.165) is 0 Å². The third kappa shape index (κ3) is 2.79. The summed E-state index contributed by atoms with van der Waals surface area (Å²) in [5, 5.41) is 3.40. The van der Waals surface area contributed by atoms with Crippen LogP contribution in [0.25, 0.3) is 0 Å². The Labute approximate surface area is 115 Å². The van der Waals surface area contributed by atoms with Crippen molar-refractivity contribution in [3.63, 3.8) is 0 Å². The maximum atomic E-state index is 3.56. The van der Waals surface area contributed by atoms with Gasteiger partial charge in [0.2, 0.25) is 0 Å². The van der Waals surface area contributed by atoms with E-state index in [-0.39, 0.29) is 6.04 Å². The largest absolute Gasteiger partial charge is 0.309 e. The molecule has 0 saturated heterocycles. The molecule has 3 heteroatoms. The summed E-state index contributed by atoms with van der Waals surface area (Å²) in [4.78, 5) is 1.36. The topological polar surface area (TPSA) is 12.0 Å². The lowest BCUT2D eigenvalue weighted by molar-refractivity contribution is 0.690. The number of benzene rings is 1. The molecule has 1 nitrogen and oxygen atoms in total. The van der Waals surface area contributed by atoms with Crippen molar-refractivity contribution in [2.75, 3.05) is 7.05 Å². The van der Waals surface area contributed by atoms with Gasteiger partial charge in [0.25, 0.3) is 0 Å². The van der Waals surface area contributed by atoms with Gasteiger partial charge in [0, 0.05) is 4.88 Å². The number of thiophene rings is 1. The second-order valence-electron chi connectivity index (χ2n) is 4.20. The van der Waals surface area contributed by atoms with E-state index in [2.05, 4.69) is 65.4 Å². The molecular formula is C14H16BrNS. The van der Waals surface area contributed by atoms with E-state index >= 15 is 0 Å². The van der Waals surface area contributed by atoms with Crippen LogP contribution in [0.5, 0.6) is 0 Å². The molecule has 0 aliphatic rings. The average Bonchev–Trinajstić information content (AvgIpc) is 2.59. The Kier molecular flexibility index (Phi) is 4.02. The van der Waals surface area contributed by atoms with Crippen molar-refractivity contribution in [1.82, 2.24) is 5.32 Å². The molecule has 0 aliphatic carbocycles. The fraction of sp³-hybridized carbons (Fsp3) is 0.286. The Hall–Kier alpha value is -0.640. The number of hydrogen-bond donors (Lipinski definition) is 1. The Bertz CT molecular complexity index is 519. The van der Waals surface area contributed by atoms with Crippen LogP contribution in [0.15, 0.2) is 34.1 Å². The molecule has 1 atom stereocenters. The molecule has 0 fully saturated rings. The lowest BCUT2D eigenvalue weighted by Gasteiger charge is -2.17. The Morgan fingerprint density at radius 2 is 2.00 bits per heavy atom. The minimum atomic E-state index is 0.275. The van der Waals surface area contributed by atoms with Crippen LogP contribution in [0.2, 0.25) is 0 Å². The van der Waals surface area contributed by atoms with Crippen LogP contribution >= 0.6 is 27.3 Å². The molecule has 1 heterocycles. The van der Waals surface area contributed by atoms with Crippen LogP contribution in [-0.2, 0) is 0 Å². The van der Waals surface area contributed by atoms with Crippen molar-refractivity contribution in [3.05, 3.63) is 55.7 Å². The standard InChI is InChI=1S/C14H16BrNS/c1-9-5-4-6-11(7-9)14(16-3)12-8-13(15)17-10(12)2/h4-8,14,16H,1-3H3. The Balaban J connectivity index is 2.43. The Morgan fingerprint density at radius 1 is 1.24 bits per heavy atom. The molecular weight excluding hydrogens is 294 g/mol. The van der Waals surface area contributed by atoms with Crippen molar-refractivity contribution in [1.29, 1.82) is 0 Å². The monoisotopic (exact) mass is 309 g/mol. The average molecular weight is 310 g/mol. The van der Waals surface area contributed by atoms with Crippen molar-refractivity contribution >= 4 is 27.3 Å². The van der Waals surface area contributed by atoms with Gasteiger partial charge in [0.05, 0.1) is 9.83 Å². The van der Waals surface area contributed by atoms with Crippen molar-refractivity contribution < 1.29 is 0 Å². The van der Waals surface area contributed by atoms with E-state index < -0.39 is 0 Å². The van der Waals surface area contributed by atoms with Crippen LogP contribution in [0.1, 0.15) is 27.6 Å². The minimum Gasteiger partial charge on any atom is -0.309 e. The Morgan fingerprint density at radius 3 is 2.53 bits per heavy atom. The third-order valence-corrected chi connectivity index (χ3v) is 4.47. The fourth-order valence-electron chi connectivity index (χ4n) is 2.10. The first-order valence-electron chi connectivity index (χ1n) is 5.61. The van der Waals surface area contributed by atoms with Gasteiger partial charge in [-0.1, -0.05) is 29.8 Å². The number of hydrogen-bond acceptors (Lipinski definition) is 2. The van der Waals surface area contributed by atoms with Crippen LogP contribution in [-0.4, -0.2) is 7.05 Å². The SMILES string of the molecule is CNC(c1cccc(C)c1)c1cc(Br)sc1C. The molecule has 1 aromatic carbocycles. The maximum absolute atomic E-state index is 3.56. The highest BCUT2D eigenvalue weighted by molar-refractivity contribution is 9.11. The molecule has 90 valence electrons. The van der Waals surface area contributed by atoms with Crippen molar-refractivity contribution in [2.45, 2.75) is 19.9 Å². The van der Waals surface area contributed by atoms with E-state index in [9.17, 15) is 0 Å². The molecule has 1 aromatic heterocycles. The van der Waals surface area contributed by atoms with Crippen LogP contribution in [0, 0.1) is 13.8 Å². The molecule has 2 rings (SSSR count). The lowest BCUT2D eigenvalue weighted by Crippen LogP contribution is -2.17. The first-order chi connectivity index (χ1) is 8.11. The molecule has 0 bridgehead atoms. The summed E-state index contributed by atoms with van der Waals surface area (Å²) in [6.07, 6.45) is 0. The zero-order valence-corrected chi connectivity index (χ0v) is 12.7. The molecule has 1 N–H and O–H groups in total. The van der Waals surface area contributed by atoms with Gasteiger partial charge in [-0.05, 0) is 54.0 Å². The van der Waals surface area contributed by atoms with E-state index in [1.165, 1.54) is 25.4 Å². The van der Waals surface area contributed by atoms with Crippen LogP contribution in [0.3, 0.4) is 0 Å². The first-order valence-corrected chi connectivity index (χ1v) is 7.22. The number of halogens is 1. The maximum Gasteiger partial charge on any atom is 0.0704 e. The lowest BCUT2D eigenvalue weighted by atomic mass is 9.98. The van der Waals surface area contributed by atoms with Gasteiger partial charge >= 0.3 is 0 Å². The van der Waals surface area contributed by atoms with Crippen LogP contribution < -0.4 is 5.32 Å². The summed E-state index contributed by atoms with van der Waals surface area (Å²) in [6, 6.07) is 11.2. The molecule has 0 saturated carbocycles. The second-order valence-corrected chi connectivity index (χ2v) is 6.83. The van der Waals surface area contributed by atoms with Gasteiger partial charge in [0.1, 0.15) is 0 Å². The van der Waals surface area contributed by atoms with Gasteiger partial charge in [-0.15, -0.1) is 11.3 Å². The predicted molar refractivity (Wildman–Crippen MR) is 78.8 cm³/mol. The van der Waals surface area contributed by atoms with E-state index in [4.69, 9.17) is 0 Å². The van der Waals surface area contributed by atoms with E-state index in [0.29, 0.717) is 0 Å². The zero-order valence-electron chi connectivity index (χ0n) is 10.3. The van der Waals surface area contributed by atoms with Crippen LogP contribution in [0.4, 0.5) is 0 Å². The summed E-state index contributed by atoms with van der Waals surface area (Å²) in [6.45, 7) is 4.30. The van der Waals surface area contributed by atoms with Gasteiger partial charge in [-0.25, -0.2) is 0 Å². The van der Waals surface area contributed by atoms with Gasteiger partial charge in [-0.3, -0.25) is 0 Å². The molecule has 0 spiro atoms. The molecule has 1 unspecified atom stereocenters. The molecule has 17 heavy (non-hydrogen) atoms. The smallest absolute Gasteiger partial charge is 0.0704 e. The number of nitrogens with one attached hydrogen (secondary N) is 1. The quantitative estimate of drug-likeness (QED) is 0.884. The number of aryl methyl sites for hydroxylation is 2. The molecule has 0 amide bonds. The normalized spacial score (nSPS) is 12.7. The molecule has 2 aromatic rings. The number of rotatable bonds is 3. The predicted octanol–water partition coefficient (Wildman–Crippen LogP) is 4.44. The summed E-state index contributed by atoms with van der Waals surface area (Å²) >= 11 is 5.35. The third-order valence-electron chi connectivity index (χ3n) is 2.90. The summed E-state index contributed by atoms with van der Waals surface area (Å²) < 4.78 is 1.19. The van der Waals surface area contributed by atoms with E-state index in [1.54, 1.807) is 11.3 Å². The summed E-state index contributed by atoms with van der Waals surface area (Å²) in [5.74, 6) is 0. The summed E-state index contributed by atoms with van der Waals surface area (Å²) in [5.41, 5.74) is 3.98. The second kappa shape index (κ2) is 5.34. The van der Waals surface area contributed by atoms with Crippen molar-refractivity contribution in [2.24, 2.45) is 0 Å². The van der Waals surface area contributed by atoms with Crippen molar-refractivity contribution in [3.8, 4) is 0 Å². The summed E-state index contributed by atoms with van der Waals surface area (Å²) in [7, 11) is 2.01. The highest BCUT2D eigenvalue weighted by Crippen LogP contribution is 2.33. The van der Waals surface area contributed by atoms with E-state index in [1.807, 2.05) is 7.05 Å². The molecule has 0 radical (unpaired) electrons. The van der Waals surface area contributed by atoms with Gasteiger partial charge in [0.15, 0.2) is 0 Å². The fourth-order valence-corrected chi connectivity index (χ4v) is 3.84. The van der Waals surface area contributed by atoms with Gasteiger partial charge < -0.3 is 5.32 Å². The first kappa shape index (κ1) is 12.8. The van der Waals surface area contributed by atoms with Gasteiger partial charge in [-0.2, -0.15) is 0 Å². The highest BCUT2D eigenvalue weighted by Gasteiger charge is 2.16. The highest BCUT2D eigenvalue weighted by atomic mass is 79.9. The molecule has 0 aliphatic heterocycles. The zero-order chi connectivity index (χ0) is 12.4. The minimum absolute atomic E-state index is 0.275.